The average Bonchev–Trinajstić information content (AvgIpc) is 2.54. The van der Waals surface area contributed by atoms with E-state index in [1.807, 2.05) is 24.3 Å². The van der Waals surface area contributed by atoms with Crippen LogP contribution in [0.15, 0.2) is 42.5 Å². The molecule has 0 bridgehead atoms. The molecular formula is C17H17ClN2O3. The molecule has 23 heavy (non-hydrogen) atoms. The smallest absolute Gasteiger partial charge is 0.288 e. The quantitative estimate of drug-likeness (QED) is 0.617. The van der Waals surface area contributed by atoms with Crippen LogP contribution in [0.25, 0.3) is 0 Å². The molecule has 6 heteroatoms. The second kappa shape index (κ2) is 7.24. The highest BCUT2D eigenvalue weighted by atomic mass is 35.5. The van der Waals surface area contributed by atoms with Gasteiger partial charge in [0.2, 0.25) is 0 Å². The van der Waals surface area contributed by atoms with Gasteiger partial charge in [0.15, 0.2) is 0 Å². The van der Waals surface area contributed by atoms with E-state index in [4.69, 9.17) is 11.6 Å². The fourth-order valence-electron chi connectivity index (χ4n) is 2.13. The van der Waals surface area contributed by atoms with E-state index in [9.17, 15) is 14.9 Å². The Morgan fingerprint density at radius 1 is 1.26 bits per heavy atom. The maximum absolute atomic E-state index is 12.2. The van der Waals surface area contributed by atoms with Gasteiger partial charge in [-0.25, -0.2) is 0 Å². The number of nitrogens with one attached hydrogen (secondary N) is 1. The highest BCUT2D eigenvalue weighted by Gasteiger charge is 2.16. The number of halogens is 1. The van der Waals surface area contributed by atoms with Gasteiger partial charge < -0.3 is 5.32 Å². The summed E-state index contributed by atoms with van der Waals surface area (Å²) in [4.78, 5) is 22.5. The maximum atomic E-state index is 12.2. The molecule has 120 valence electrons. The molecule has 1 amide bonds. The van der Waals surface area contributed by atoms with Gasteiger partial charge in [-0.2, -0.15) is 0 Å². The van der Waals surface area contributed by atoms with E-state index in [0.717, 1.165) is 6.42 Å². The molecule has 0 fully saturated rings. The van der Waals surface area contributed by atoms with Crippen LogP contribution in [0, 0.1) is 10.1 Å². The van der Waals surface area contributed by atoms with Crippen LogP contribution in [-0.2, 0) is 0 Å². The molecule has 0 aromatic heterocycles. The summed E-state index contributed by atoms with van der Waals surface area (Å²) in [7, 11) is 0. The molecule has 0 aliphatic carbocycles. The number of anilines is 1. The number of hydrogen-bond acceptors (Lipinski definition) is 3. The number of nitro groups is 1. The number of rotatable bonds is 5. The Balaban J connectivity index is 2.16. The molecule has 0 aliphatic rings. The van der Waals surface area contributed by atoms with E-state index in [-0.39, 0.29) is 16.3 Å². The van der Waals surface area contributed by atoms with E-state index in [1.165, 1.54) is 23.8 Å². The lowest BCUT2D eigenvalue weighted by Crippen LogP contribution is -2.12. The molecule has 1 unspecified atom stereocenters. The first-order valence-corrected chi connectivity index (χ1v) is 7.65. The first kappa shape index (κ1) is 17.0. The van der Waals surface area contributed by atoms with E-state index < -0.39 is 10.8 Å². The first-order chi connectivity index (χ1) is 10.9. The number of carbonyl (C=O) groups excluding carboxylic acids is 1. The van der Waals surface area contributed by atoms with Crippen molar-refractivity contribution in [1.82, 2.24) is 0 Å². The van der Waals surface area contributed by atoms with Gasteiger partial charge in [-0.3, -0.25) is 14.9 Å². The first-order valence-electron chi connectivity index (χ1n) is 7.27. The maximum Gasteiger partial charge on any atom is 0.288 e. The largest absolute Gasteiger partial charge is 0.322 e. The van der Waals surface area contributed by atoms with Gasteiger partial charge in [-0.1, -0.05) is 37.6 Å². The Bertz CT molecular complexity index is 729. The monoisotopic (exact) mass is 332 g/mol. The number of carbonyl (C=O) groups is 1. The van der Waals surface area contributed by atoms with Crippen LogP contribution in [0.4, 0.5) is 11.4 Å². The molecule has 2 aromatic rings. The van der Waals surface area contributed by atoms with E-state index in [2.05, 4.69) is 19.2 Å². The summed E-state index contributed by atoms with van der Waals surface area (Å²) in [6, 6.07) is 11.6. The molecule has 0 saturated carbocycles. The highest BCUT2D eigenvalue weighted by Crippen LogP contribution is 2.26. The fraction of sp³-hybridized carbons (Fsp3) is 0.235. The van der Waals surface area contributed by atoms with Crippen molar-refractivity contribution in [2.75, 3.05) is 5.32 Å². The van der Waals surface area contributed by atoms with Gasteiger partial charge in [0.05, 0.1) is 4.92 Å². The summed E-state index contributed by atoms with van der Waals surface area (Å²) in [5.74, 6) is 0.0414. The van der Waals surface area contributed by atoms with Crippen LogP contribution in [-0.4, -0.2) is 10.8 Å². The van der Waals surface area contributed by atoms with Crippen molar-refractivity contribution in [2.45, 2.75) is 26.2 Å². The summed E-state index contributed by atoms with van der Waals surface area (Å²) in [5.41, 5.74) is 1.74. The van der Waals surface area contributed by atoms with Gasteiger partial charge >= 0.3 is 0 Å². The molecule has 1 N–H and O–H groups in total. The third-order valence-corrected chi connectivity index (χ3v) is 4.07. The van der Waals surface area contributed by atoms with E-state index >= 15 is 0 Å². The summed E-state index contributed by atoms with van der Waals surface area (Å²) in [6.07, 6.45) is 1.04. The van der Waals surface area contributed by atoms with Crippen molar-refractivity contribution in [1.29, 1.82) is 0 Å². The zero-order chi connectivity index (χ0) is 17.0. The van der Waals surface area contributed by atoms with Crippen molar-refractivity contribution in [2.24, 2.45) is 0 Å². The summed E-state index contributed by atoms with van der Waals surface area (Å²) < 4.78 is 0. The summed E-state index contributed by atoms with van der Waals surface area (Å²) >= 11 is 5.74. The second-order valence-electron chi connectivity index (χ2n) is 5.31. The lowest BCUT2D eigenvalue weighted by Gasteiger charge is -2.10. The van der Waals surface area contributed by atoms with Crippen molar-refractivity contribution in [3.63, 3.8) is 0 Å². The standard InChI is InChI=1S/C17H17ClN2O3/c1-3-11(2)12-4-7-14(8-5-12)19-17(21)13-6-9-15(18)16(10-13)20(22)23/h4-11H,3H2,1-2H3,(H,19,21). The molecule has 2 rings (SSSR count). The Morgan fingerprint density at radius 2 is 1.91 bits per heavy atom. The SMILES string of the molecule is CCC(C)c1ccc(NC(=O)c2ccc(Cl)c([N+](=O)[O-])c2)cc1. The summed E-state index contributed by atoms with van der Waals surface area (Å²) in [6.45, 7) is 4.26. The van der Waals surface area contributed by atoms with Crippen molar-refractivity contribution in [3.8, 4) is 0 Å². The van der Waals surface area contributed by atoms with Crippen LogP contribution in [0.2, 0.25) is 5.02 Å². The second-order valence-corrected chi connectivity index (χ2v) is 5.72. The van der Waals surface area contributed by atoms with Crippen LogP contribution in [0.5, 0.6) is 0 Å². The van der Waals surface area contributed by atoms with E-state index in [0.29, 0.717) is 11.6 Å². The lowest BCUT2D eigenvalue weighted by atomic mass is 9.98. The molecule has 0 saturated heterocycles. The van der Waals surface area contributed by atoms with Gasteiger partial charge in [0.1, 0.15) is 5.02 Å². The van der Waals surface area contributed by atoms with E-state index in [1.54, 1.807) is 0 Å². The highest BCUT2D eigenvalue weighted by molar-refractivity contribution is 6.32. The Labute approximate surface area is 139 Å². The molecule has 0 spiro atoms. The van der Waals surface area contributed by atoms with Gasteiger partial charge in [0.25, 0.3) is 11.6 Å². The number of nitro benzene ring substituents is 1. The normalized spacial score (nSPS) is 11.8. The Hall–Kier alpha value is -2.40. The van der Waals surface area contributed by atoms with Crippen molar-refractivity contribution >= 4 is 28.9 Å². The van der Waals surface area contributed by atoms with Crippen molar-refractivity contribution < 1.29 is 9.72 Å². The van der Waals surface area contributed by atoms with Crippen LogP contribution < -0.4 is 5.32 Å². The summed E-state index contributed by atoms with van der Waals surface area (Å²) in [5, 5.41) is 13.6. The van der Waals surface area contributed by atoms with Crippen LogP contribution in [0.1, 0.15) is 42.1 Å². The van der Waals surface area contributed by atoms with Crippen molar-refractivity contribution in [3.05, 3.63) is 68.7 Å². The predicted molar refractivity (Wildman–Crippen MR) is 91.2 cm³/mol. The number of amides is 1. The molecule has 0 aliphatic heterocycles. The molecule has 1 atom stereocenters. The topological polar surface area (TPSA) is 72.2 Å². The van der Waals surface area contributed by atoms with Gasteiger partial charge in [-0.15, -0.1) is 0 Å². The number of hydrogen-bond donors (Lipinski definition) is 1. The molecule has 5 nitrogen and oxygen atoms in total. The third kappa shape index (κ3) is 4.07. The average molecular weight is 333 g/mol. The third-order valence-electron chi connectivity index (χ3n) is 3.75. The molecule has 0 heterocycles. The number of benzene rings is 2. The minimum absolute atomic E-state index is 0.00413. The molecule has 0 radical (unpaired) electrons. The van der Waals surface area contributed by atoms with Gasteiger partial charge in [-0.05, 0) is 42.2 Å². The minimum atomic E-state index is -0.611. The minimum Gasteiger partial charge on any atom is -0.322 e. The lowest BCUT2D eigenvalue weighted by molar-refractivity contribution is -0.384. The molecule has 2 aromatic carbocycles. The van der Waals surface area contributed by atoms with Crippen LogP contribution in [0.3, 0.4) is 0 Å². The Morgan fingerprint density at radius 3 is 2.48 bits per heavy atom. The van der Waals surface area contributed by atoms with Crippen LogP contribution >= 0.6 is 11.6 Å². The zero-order valence-electron chi connectivity index (χ0n) is 12.9. The fourth-order valence-corrected chi connectivity index (χ4v) is 2.31. The predicted octanol–water partition coefficient (Wildman–Crippen LogP) is 5.01. The Kier molecular flexibility index (Phi) is 5.34. The zero-order valence-corrected chi connectivity index (χ0v) is 13.6. The number of nitrogens with zero attached hydrogens (tertiary/aromatic N) is 1. The molecular weight excluding hydrogens is 316 g/mol. The van der Waals surface area contributed by atoms with Gasteiger partial charge in [0, 0.05) is 17.3 Å².